The summed E-state index contributed by atoms with van der Waals surface area (Å²) in [6, 6.07) is 13.8. The number of anilines is 3. The van der Waals surface area contributed by atoms with Crippen LogP contribution in [0.3, 0.4) is 0 Å². The lowest BCUT2D eigenvalue weighted by molar-refractivity contribution is 0.103. The number of thiazole rings is 1. The number of rotatable bonds is 4. The zero-order chi connectivity index (χ0) is 19.4. The monoisotopic (exact) mass is 400 g/mol. The van der Waals surface area contributed by atoms with Gasteiger partial charge in [-0.15, -0.1) is 0 Å². The van der Waals surface area contributed by atoms with E-state index in [1.807, 2.05) is 31.2 Å². The molecule has 0 aliphatic rings. The number of carbonyl (C=O) groups excluding carboxylic acids is 2. The molecule has 0 bridgehead atoms. The first-order chi connectivity index (χ1) is 12.9. The topological polar surface area (TPSA) is 83.1 Å². The molecule has 2 aromatic carbocycles. The first kappa shape index (κ1) is 18.9. The van der Waals surface area contributed by atoms with Crippen molar-refractivity contribution < 1.29 is 9.59 Å². The van der Waals surface area contributed by atoms with Gasteiger partial charge in [-0.05, 0) is 55.8 Å². The van der Waals surface area contributed by atoms with Crippen molar-refractivity contribution in [2.75, 3.05) is 16.0 Å². The molecule has 3 aromatic rings. The van der Waals surface area contributed by atoms with Gasteiger partial charge in [0.15, 0.2) is 5.13 Å². The highest BCUT2D eigenvalue weighted by atomic mass is 35.5. The van der Waals surface area contributed by atoms with Crippen LogP contribution in [0.1, 0.15) is 20.9 Å². The van der Waals surface area contributed by atoms with Crippen molar-refractivity contribution in [1.82, 2.24) is 4.98 Å². The molecule has 3 amide bonds. The average Bonchev–Trinajstić information content (AvgIpc) is 2.97. The third-order valence-corrected chi connectivity index (χ3v) is 4.92. The van der Waals surface area contributed by atoms with Crippen molar-refractivity contribution >= 4 is 51.4 Å². The molecule has 1 aromatic heterocycles. The Morgan fingerprint density at radius 1 is 0.963 bits per heavy atom. The summed E-state index contributed by atoms with van der Waals surface area (Å²) in [5, 5.41) is 9.08. The SMILES string of the molecule is Cc1cccc(NC(=O)c2sc(NC(=O)Nc3ccc(Cl)cc3)nc2C)c1. The minimum atomic E-state index is -0.447. The molecule has 0 aliphatic heterocycles. The Morgan fingerprint density at radius 3 is 2.41 bits per heavy atom. The van der Waals surface area contributed by atoms with Gasteiger partial charge in [-0.25, -0.2) is 9.78 Å². The molecule has 0 aliphatic carbocycles. The highest BCUT2D eigenvalue weighted by Crippen LogP contribution is 2.24. The highest BCUT2D eigenvalue weighted by Gasteiger charge is 2.17. The molecule has 0 atom stereocenters. The summed E-state index contributed by atoms with van der Waals surface area (Å²) >= 11 is 6.94. The van der Waals surface area contributed by atoms with Gasteiger partial charge in [0.25, 0.3) is 5.91 Å². The number of nitrogens with one attached hydrogen (secondary N) is 3. The lowest BCUT2D eigenvalue weighted by Gasteiger charge is -2.05. The van der Waals surface area contributed by atoms with Gasteiger partial charge in [0.1, 0.15) is 4.88 Å². The maximum absolute atomic E-state index is 12.5. The van der Waals surface area contributed by atoms with Crippen LogP contribution in [0.4, 0.5) is 21.3 Å². The van der Waals surface area contributed by atoms with E-state index in [1.165, 1.54) is 0 Å². The molecule has 138 valence electrons. The van der Waals surface area contributed by atoms with Gasteiger partial charge in [-0.2, -0.15) is 0 Å². The van der Waals surface area contributed by atoms with Gasteiger partial charge < -0.3 is 10.6 Å². The molecule has 0 unspecified atom stereocenters. The fourth-order valence-electron chi connectivity index (χ4n) is 2.36. The van der Waals surface area contributed by atoms with Gasteiger partial charge in [-0.3, -0.25) is 10.1 Å². The summed E-state index contributed by atoms with van der Waals surface area (Å²) < 4.78 is 0. The second-order valence-electron chi connectivity index (χ2n) is 5.84. The lowest BCUT2D eigenvalue weighted by Crippen LogP contribution is -2.19. The molecule has 27 heavy (non-hydrogen) atoms. The van der Waals surface area contributed by atoms with Gasteiger partial charge in [0.2, 0.25) is 0 Å². The largest absolute Gasteiger partial charge is 0.325 e. The number of hydrogen-bond acceptors (Lipinski definition) is 4. The Morgan fingerprint density at radius 2 is 1.70 bits per heavy atom. The molecule has 8 heteroatoms. The predicted molar refractivity (Wildman–Crippen MR) is 110 cm³/mol. The van der Waals surface area contributed by atoms with E-state index in [1.54, 1.807) is 31.2 Å². The standard InChI is InChI=1S/C19H17ClN4O2S/c1-11-4-3-5-15(10-11)22-17(25)16-12(2)21-19(27-16)24-18(26)23-14-8-6-13(20)7-9-14/h3-10H,1-2H3,(H,22,25)(H2,21,23,24,26). The fraction of sp³-hybridized carbons (Fsp3) is 0.105. The number of halogens is 1. The normalized spacial score (nSPS) is 10.3. The smallest absolute Gasteiger partial charge is 0.321 e. The molecule has 3 N–H and O–H groups in total. The quantitative estimate of drug-likeness (QED) is 0.555. The second-order valence-corrected chi connectivity index (χ2v) is 7.28. The van der Waals surface area contributed by atoms with Crippen molar-refractivity contribution in [3.05, 3.63) is 69.7 Å². The Bertz CT molecular complexity index is 986. The number of aryl methyl sites for hydroxylation is 2. The van der Waals surface area contributed by atoms with Crippen LogP contribution >= 0.6 is 22.9 Å². The maximum atomic E-state index is 12.5. The van der Waals surface area contributed by atoms with Crippen molar-refractivity contribution in [1.29, 1.82) is 0 Å². The minimum Gasteiger partial charge on any atom is -0.321 e. The molecule has 0 fully saturated rings. The average molecular weight is 401 g/mol. The molecule has 0 saturated heterocycles. The molecular formula is C19H17ClN4O2S. The van der Waals surface area contributed by atoms with Crippen LogP contribution in [0.5, 0.6) is 0 Å². The van der Waals surface area contributed by atoms with E-state index in [0.717, 1.165) is 16.9 Å². The number of hydrogen-bond donors (Lipinski definition) is 3. The van der Waals surface area contributed by atoms with Crippen LogP contribution in [-0.4, -0.2) is 16.9 Å². The molecule has 3 rings (SSSR count). The Labute approximate surface area is 165 Å². The van der Waals surface area contributed by atoms with Crippen LogP contribution in [0.2, 0.25) is 5.02 Å². The van der Waals surface area contributed by atoms with E-state index in [2.05, 4.69) is 20.9 Å². The van der Waals surface area contributed by atoms with Crippen LogP contribution in [0.15, 0.2) is 48.5 Å². The number of urea groups is 1. The van der Waals surface area contributed by atoms with Crippen LogP contribution < -0.4 is 16.0 Å². The summed E-state index contributed by atoms with van der Waals surface area (Å²) in [6.45, 7) is 3.68. The first-order valence-electron chi connectivity index (χ1n) is 8.10. The third-order valence-electron chi connectivity index (χ3n) is 3.60. The van der Waals surface area contributed by atoms with Crippen LogP contribution in [-0.2, 0) is 0 Å². The number of nitrogens with zero attached hydrogens (tertiary/aromatic N) is 1. The number of amides is 3. The van der Waals surface area contributed by atoms with Crippen LogP contribution in [0.25, 0.3) is 0 Å². The van der Waals surface area contributed by atoms with Crippen molar-refractivity contribution in [3.8, 4) is 0 Å². The number of aromatic nitrogens is 1. The third kappa shape index (κ3) is 5.06. The van der Waals surface area contributed by atoms with E-state index in [-0.39, 0.29) is 5.91 Å². The van der Waals surface area contributed by atoms with Crippen molar-refractivity contribution in [2.24, 2.45) is 0 Å². The molecule has 0 spiro atoms. The van der Waals surface area contributed by atoms with E-state index >= 15 is 0 Å². The minimum absolute atomic E-state index is 0.262. The van der Waals surface area contributed by atoms with Crippen LogP contribution in [0, 0.1) is 13.8 Å². The van der Waals surface area contributed by atoms with Crippen molar-refractivity contribution in [2.45, 2.75) is 13.8 Å². The van der Waals surface area contributed by atoms with Gasteiger partial charge in [-0.1, -0.05) is 35.1 Å². The lowest BCUT2D eigenvalue weighted by atomic mass is 10.2. The summed E-state index contributed by atoms with van der Waals surface area (Å²) in [4.78, 5) is 29.3. The summed E-state index contributed by atoms with van der Waals surface area (Å²) in [5.41, 5.74) is 2.91. The van der Waals surface area contributed by atoms with Gasteiger partial charge in [0, 0.05) is 16.4 Å². The van der Waals surface area contributed by atoms with E-state index < -0.39 is 6.03 Å². The molecule has 1 heterocycles. The van der Waals surface area contributed by atoms with Crippen molar-refractivity contribution in [3.63, 3.8) is 0 Å². The van der Waals surface area contributed by atoms with Gasteiger partial charge >= 0.3 is 6.03 Å². The maximum Gasteiger partial charge on any atom is 0.325 e. The molecular weight excluding hydrogens is 384 g/mol. The molecule has 0 radical (unpaired) electrons. The number of benzene rings is 2. The van der Waals surface area contributed by atoms with Gasteiger partial charge in [0.05, 0.1) is 5.69 Å². The van der Waals surface area contributed by atoms with E-state index in [0.29, 0.717) is 32.1 Å². The molecule has 6 nitrogen and oxygen atoms in total. The Hall–Kier alpha value is -2.90. The predicted octanol–water partition coefficient (Wildman–Crippen LogP) is 5.31. The summed E-state index contributed by atoms with van der Waals surface area (Å²) in [5.74, 6) is -0.262. The Balaban J connectivity index is 1.65. The van der Waals surface area contributed by atoms with E-state index in [4.69, 9.17) is 11.6 Å². The Kier molecular flexibility index (Phi) is 5.73. The highest BCUT2D eigenvalue weighted by molar-refractivity contribution is 7.17. The fourth-order valence-corrected chi connectivity index (χ4v) is 3.35. The summed E-state index contributed by atoms with van der Waals surface area (Å²) in [6.07, 6.45) is 0. The second kappa shape index (κ2) is 8.20. The molecule has 0 saturated carbocycles. The van der Waals surface area contributed by atoms with E-state index in [9.17, 15) is 9.59 Å². The summed E-state index contributed by atoms with van der Waals surface area (Å²) in [7, 11) is 0. The number of carbonyl (C=O) groups is 2. The zero-order valence-electron chi connectivity index (χ0n) is 14.7. The first-order valence-corrected chi connectivity index (χ1v) is 9.29. The zero-order valence-corrected chi connectivity index (χ0v) is 16.2.